The molecule has 2 N–H and O–H groups in total. The molecular formula is C11H20N2O. The minimum Gasteiger partial charge on any atom is -0.356 e. The molecule has 0 bridgehead atoms. The summed E-state index contributed by atoms with van der Waals surface area (Å²) in [5, 5.41) is 6.37. The normalized spacial score (nSPS) is 28.8. The van der Waals surface area contributed by atoms with Crippen LogP contribution in [-0.4, -0.2) is 25.0 Å². The fourth-order valence-corrected chi connectivity index (χ4v) is 1.93. The van der Waals surface area contributed by atoms with Gasteiger partial charge in [0.25, 0.3) is 0 Å². The van der Waals surface area contributed by atoms with Gasteiger partial charge < -0.3 is 10.6 Å². The van der Waals surface area contributed by atoms with E-state index in [1.54, 1.807) is 0 Å². The maximum absolute atomic E-state index is 11.5. The van der Waals surface area contributed by atoms with Crippen LogP contribution in [0.2, 0.25) is 0 Å². The van der Waals surface area contributed by atoms with Crippen molar-refractivity contribution in [2.45, 2.75) is 45.1 Å². The van der Waals surface area contributed by atoms with Gasteiger partial charge in [-0.2, -0.15) is 0 Å². The second kappa shape index (κ2) is 3.89. The van der Waals surface area contributed by atoms with Gasteiger partial charge in [0, 0.05) is 19.0 Å². The van der Waals surface area contributed by atoms with Gasteiger partial charge in [0.15, 0.2) is 0 Å². The Morgan fingerprint density at radius 1 is 1.57 bits per heavy atom. The summed E-state index contributed by atoms with van der Waals surface area (Å²) in [6.45, 7) is 4.19. The second-order valence-corrected chi connectivity index (χ2v) is 5.08. The highest BCUT2D eigenvalue weighted by Crippen LogP contribution is 2.44. The highest BCUT2D eigenvalue weighted by molar-refractivity contribution is 5.76. The molecule has 2 aliphatic rings. The second-order valence-electron chi connectivity index (χ2n) is 5.08. The maximum atomic E-state index is 11.5. The van der Waals surface area contributed by atoms with Gasteiger partial charge in [-0.1, -0.05) is 6.92 Å². The Morgan fingerprint density at radius 2 is 2.36 bits per heavy atom. The smallest absolute Gasteiger partial charge is 0.221 e. The highest BCUT2D eigenvalue weighted by Gasteiger charge is 2.37. The van der Waals surface area contributed by atoms with Crippen LogP contribution in [0, 0.1) is 5.41 Å². The standard InChI is InChI=1S/C11H20N2O/c1-11(4-5-11)8-13-10(14)7-9-3-2-6-12-9/h9,12H,2-8H2,1H3,(H,13,14). The Kier molecular flexibility index (Phi) is 2.77. The van der Waals surface area contributed by atoms with Crippen molar-refractivity contribution in [3.63, 3.8) is 0 Å². The first-order valence-corrected chi connectivity index (χ1v) is 5.68. The van der Waals surface area contributed by atoms with Gasteiger partial charge in [0.1, 0.15) is 0 Å². The van der Waals surface area contributed by atoms with E-state index in [-0.39, 0.29) is 5.91 Å². The van der Waals surface area contributed by atoms with Crippen LogP contribution in [0.4, 0.5) is 0 Å². The summed E-state index contributed by atoms with van der Waals surface area (Å²) in [5.74, 6) is 0.220. The summed E-state index contributed by atoms with van der Waals surface area (Å²) in [6.07, 6.45) is 5.58. The van der Waals surface area contributed by atoms with Gasteiger partial charge in [-0.05, 0) is 37.6 Å². The number of nitrogens with one attached hydrogen (secondary N) is 2. The first-order chi connectivity index (χ1) is 6.68. The van der Waals surface area contributed by atoms with E-state index in [4.69, 9.17) is 0 Å². The number of hydrogen-bond acceptors (Lipinski definition) is 2. The Morgan fingerprint density at radius 3 is 2.93 bits per heavy atom. The van der Waals surface area contributed by atoms with Crippen molar-refractivity contribution < 1.29 is 4.79 Å². The molecule has 1 heterocycles. The molecule has 0 spiro atoms. The summed E-state index contributed by atoms with van der Waals surface area (Å²) >= 11 is 0. The van der Waals surface area contributed by atoms with Crippen molar-refractivity contribution in [2.24, 2.45) is 5.41 Å². The number of carbonyl (C=O) groups excluding carboxylic acids is 1. The zero-order valence-electron chi connectivity index (χ0n) is 8.94. The minimum absolute atomic E-state index is 0.220. The molecule has 1 amide bonds. The van der Waals surface area contributed by atoms with Crippen LogP contribution in [0.3, 0.4) is 0 Å². The summed E-state index contributed by atoms with van der Waals surface area (Å²) in [7, 11) is 0. The number of amides is 1. The van der Waals surface area contributed by atoms with Crippen LogP contribution in [0.25, 0.3) is 0 Å². The van der Waals surface area contributed by atoms with Crippen LogP contribution < -0.4 is 10.6 Å². The van der Waals surface area contributed by atoms with Gasteiger partial charge in [-0.3, -0.25) is 4.79 Å². The lowest BCUT2D eigenvalue weighted by Gasteiger charge is -2.13. The third-order valence-corrected chi connectivity index (χ3v) is 3.41. The molecule has 80 valence electrons. The molecule has 0 aromatic heterocycles. The molecule has 1 aliphatic carbocycles. The van der Waals surface area contributed by atoms with E-state index in [0.717, 1.165) is 19.5 Å². The van der Waals surface area contributed by atoms with E-state index >= 15 is 0 Å². The topological polar surface area (TPSA) is 41.1 Å². The predicted molar refractivity (Wildman–Crippen MR) is 56.0 cm³/mol. The molecule has 0 radical (unpaired) electrons. The molecule has 2 rings (SSSR count). The SMILES string of the molecule is CC1(CNC(=O)CC2CCCN2)CC1. The lowest BCUT2D eigenvalue weighted by atomic mass is 10.1. The van der Waals surface area contributed by atoms with Crippen LogP contribution >= 0.6 is 0 Å². The quantitative estimate of drug-likeness (QED) is 0.705. The molecule has 1 unspecified atom stereocenters. The Bertz CT molecular complexity index is 217. The first-order valence-electron chi connectivity index (χ1n) is 5.68. The third kappa shape index (κ3) is 2.71. The number of hydrogen-bond donors (Lipinski definition) is 2. The Hall–Kier alpha value is -0.570. The fourth-order valence-electron chi connectivity index (χ4n) is 1.93. The van der Waals surface area contributed by atoms with Gasteiger partial charge in [0.05, 0.1) is 0 Å². The van der Waals surface area contributed by atoms with E-state index in [1.165, 1.54) is 19.3 Å². The summed E-state index contributed by atoms with van der Waals surface area (Å²) in [4.78, 5) is 11.5. The number of carbonyl (C=O) groups is 1. The Labute approximate surface area is 85.6 Å². The Balaban J connectivity index is 1.62. The van der Waals surface area contributed by atoms with Crippen molar-refractivity contribution in [1.82, 2.24) is 10.6 Å². The molecule has 1 saturated heterocycles. The molecule has 1 saturated carbocycles. The lowest BCUT2D eigenvalue weighted by Crippen LogP contribution is -2.34. The van der Waals surface area contributed by atoms with Gasteiger partial charge in [0.2, 0.25) is 5.91 Å². The molecule has 3 heteroatoms. The van der Waals surface area contributed by atoms with E-state index in [0.29, 0.717) is 17.9 Å². The van der Waals surface area contributed by atoms with Crippen molar-refractivity contribution in [2.75, 3.05) is 13.1 Å². The fraction of sp³-hybridized carbons (Fsp3) is 0.909. The van der Waals surface area contributed by atoms with Gasteiger partial charge in [-0.15, -0.1) is 0 Å². The minimum atomic E-state index is 0.220. The van der Waals surface area contributed by atoms with E-state index in [1.807, 2.05) is 0 Å². The van der Waals surface area contributed by atoms with Gasteiger partial charge >= 0.3 is 0 Å². The molecule has 2 fully saturated rings. The van der Waals surface area contributed by atoms with E-state index < -0.39 is 0 Å². The third-order valence-electron chi connectivity index (χ3n) is 3.41. The lowest BCUT2D eigenvalue weighted by molar-refractivity contribution is -0.121. The van der Waals surface area contributed by atoms with Crippen molar-refractivity contribution in [3.8, 4) is 0 Å². The summed E-state index contributed by atoms with van der Waals surface area (Å²) in [5.41, 5.74) is 0.429. The molecular weight excluding hydrogens is 176 g/mol. The highest BCUT2D eigenvalue weighted by atomic mass is 16.1. The average Bonchev–Trinajstić information content (AvgIpc) is 2.67. The predicted octanol–water partition coefficient (Wildman–Crippen LogP) is 1.04. The number of rotatable bonds is 4. The first kappa shape index (κ1) is 9.97. The average molecular weight is 196 g/mol. The van der Waals surface area contributed by atoms with Crippen molar-refractivity contribution in [3.05, 3.63) is 0 Å². The van der Waals surface area contributed by atoms with Crippen LogP contribution in [0.1, 0.15) is 39.0 Å². The zero-order chi connectivity index (χ0) is 10.0. The van der Waals surface area contributed by atoms with Gasteiger partial charge in [-0.25, -0.2) is 0 Å². The van der Waals surface area contributed by atoms with Crippen LogP contribution in [-0.2, 0) is 4.79 Å². The van der Waals surface area contributed by atoms with E-state index in [2.05, 4.69) is 17.6 Å². The molecule has 14 heavy (non-hydrogen) atoms. The maximum Gasteiger partial charge on any atom is 0.221 e. The molecule has 3 nitrogen and oxygen atoms in total. The molecule has 0 aromatic carbocycles. The summed E-state index contributed by atoms with van der Waals surface area (Å²) in [6, 6.07) is 0.432. The van der Waals surface area contributed by atoms with Crippen molar-refractivity contribution in [1.29, 1.82) is 0 Å². The molecule has 1 atom stereocenters. The monoisotopic (exact) mass is 196 g/mol. The van der Waals surface area contributed by atoms with Crippen molar-refractivity contribution >= 4 is 5.91 Å². The zero-order valence-corrected chi connectivity index (χ0v) is 8.94. The molecule has 0 aromatic rings. The summed E-state index contributed by atoms with van der Waals surface area (Å²) < 4.78 is 0. The molecule has 1 aliphatic heterocycles. The van der Waals surface area contributed by atoms with E-state index in [9.17, 15) is 4.79 Å². The van der Waals surface area contributed by atoms with Crippen LogP contribution in [0.5, 0.6) is 0 Å². The largest absolute Gasteiger partial charge is 0.356 e. The van der Waals surface area contributed by atoms with Crippen LogP contribution in [0.15, 0.2) is 0 Å².